The number of aryl methyl sites for hydroxylation is 1. The largest absolute Gasteiger partial charge is 0.339 e. The van der Waals surface area contributed by atoms with E-state index in [1.165, 1.54) is 0 Å². The zero-order valence-corrected chi connectivity index (χ0v) is 11.6. The van der Waals surface area contributed by atoms with Crippen molar-refractivity contribution in [3.8, 4) is 0 Å². The fraction of sp³-hybridized carbons (Fsp3) is 0.467. The molecule has 0 saturated carbocycles. The number of anilines is 1. The number of amides is 2. The molecule has 1 fully saturated rings. The Balaban J connectivity index is 2.02. The Morgan fingerprint density at radius 3 is 2.63 bits per heavy atom. The van der Waals surface area contributed by atoms with E-state index < -0.39 is 0 Å². The Kier molecular flexibility index (Phi) is 3.88. The molecule has 1 aliphatic heterocycles. The summed E-state index contributed by atoms with van der Waals surface area (Å²) in [6, 6.07) is 7.82. The summed E-state index contributed by atoms with van der Waals surface area (Å²) in [4.78, 5) is 25.8. The third-order valence-corrected chi connectivity index (χ3v) is 3.56. The molecule has 102 valence electrons. The highest BCUT2D eigenvalue weighted by atomic mass is 16.2. The molecule has 2 rings (SSSR count). The maximum atomic E-state index is 12.2. The van der Waals surface area contributed by atoms with Crippen molar-refractivity contribution in [1.29, 1.82) is 0 Å². The Bertz CT molecular complexity index is 497. The second-order valence-electron chi connectivity index (χ2n) is 5.35. The van der Waals surface area contributed by atoms with Crippen LogP contribution in [0.1, 0.15) is 25.8 Å². The maximum absolute atomic E-state index is 12.2. The van der Waals surface area contributed by atoms with Crippen molar-refractivity contribution in [2.24, 2.45) is 5.92 Å². The fourth-order valence-electron chi connectivity index (χ4n) is 2.35. The SMILES string of the molecule is Cc1ccccc1NC(=O)C1CC(=O)N(C(C)C)C1. The summed E-state index contributed by atoms with van der Waals surface area (Å²) in [6.07, 6.45) is 0.315. The van der Waals surface area contributed by atoms with Crippen LogP contribution in [0.4, 0.5) is 5.69 Å². The predicted octanol–water partition coefficient (Wildman–Crippen LogP) is 2.19. The molecule has 1 N–H and O–H groups in total. The van der Waals surface area contributed by atoms with Gasteiger partial charge in [0.25, 0.3) is 0 Å². The summed E-state index contributed by atoms with van der Waals surface area (Å²) in [7, 11) is 0. The number of carbonyl (C=O) groups excluding carboxylic acids is 2. The lowest BCUT2D eigenvalue weighted by Crippen LogP contribution is -2.33. The van der Waals surface area contributed by atoms with Crippen LogP contribution in [-0.4, -0.2) is 29.3 Å². The lowest BCUT2D eigenvalue weighted by Gasteiger charge is -2.20. The number of benzene rings is 1. The molecule has 4 heteroatoms. The second kappa shape index (κ2) is 5.43. The van der Waals surface area contributed by atoms with Crippen LogP contribution in [-0.2, 0) is 9.59 Å². The van der Waals surface area contributed by atoms with Gasteiger partial charge in [0.1, 0.15) is 0 Å². The van der Waals surface area contributed by atoms with Gasteiger partial charge in [-0.05, 0) is 32.4 Å². The van der Waals surface area contributed by atoms with Crippen LogP contribution in [0.15, 0.2) is 24.3 Å². The summed E-state index contributed by atoms with van der Waals surface area (Å²) in [5.41, 5.74) is 1.85. The first-order valence-electron chi connectivity index (χ1n) is 6.65. The highest BCUT2D eigenvalue weighted by molar-refractivity contribution is 5.97. The van der Waals surface area contributed by atoms with E-state index in [1.807, 2.05) is 45.0 Å². The third kappa shape index (κ3) is 2.95. The van der Waals surface area contributed by atoms with Gasteiger partial charge in [-0.1, -0.05) is 18.2 Å². The molecule has 1 aliphatic rings. The fourth-order valence-corrected chi connectivity index (χ4v) is 2.35. The van der Waals surface area contributed by atoms with Gasteiger partial charge < -0.3 is 10.2 Å². The molecule has 0 spiro atoms. The van der Waals surface area contributed by atoms with Crippen LogP contribution in [0.25, 0.3) is 0 Å². The number of hydrogen-bond donors (Lipinski definition) is 1. The minimum absolute atomic E-state index is 0.0641. The normalized spacial score (nSPS) is 19.1. The van der Waals surface area contributed by atoms with Crippen LogP contribution >= 0.6 is 0 Å². The van der Waals surface area contributed by atoms with E-state index >= 15 is 0 Å². The van der Waals surface area contributed by atoms with Crippen molar-refractivity contribution in [2.45, 2.75) is 33.2 Å². The van der Waals surface area contributed by atoms with Gasteiger partial charge in [-0.15, -0.1) is 0 Å². The van der Waals surface area contributed by atoms with Crippen molar-refractivity contribution in [3.63, 3.8) is 0 Å². The Morgan fingerprint density at radius 2 is 2.05 bits per heavy atom. The molecule has 0 aliphatic carbocycles. The maximum Gasteiger partial charge on any atom is 0.229 e. The number of nitrogens with zero attached hydrogens (tertiary/aromatic N) is 1. The van der Waals surface area contributed by atoms with Gasteiger partial charge in [0.05, 0.1) is 5.92 Å². The Morgan fingerprint density at radius 1 is 1.37 bits per heavy atom. The first-order valence-corrected chi connectivity index (χ1v) is 6.65. The average Bonchev–Trinajstić information content (AvgIpc) is 2.74. The van der Waals surface area contributed by atoms with Crippen molar-refractivity contribution in [3.05, 3.63) is 29.8 Å². The molecule has 1 unspecified atom stereocenters. The summed E-state index contributed by atoms with van der Waals surface area (Å²) >= 11 is 0. The lowest BCUT2D eigenvalue weighted by molar-refractivity contribution is -0.129. The van der Waals surface area contributed by atoms with Gasteiger partial charge in [-0.25, -0.2) is 0 Å². The zero-order valence-electron chi connectivity index (χ0n) is 11.6. The van der Waals surface area contributed by atoms with Crippen molar-refractivity contribution >= 4 is 17.5 Å². The molecule has 1 saturated heterocycles. The van der Waals surface area contributed by atoms with E-state index in [1.54, 1.807) is 4.90 Å². The minimum atomic E-state index is -0.241. The predicted molar refractivity (Wildman–Crippen MR) is 74.8 cm³/mol. The van der Waals surface area contributed by atoms with Crippen LogP contribution in [0, 0.1) is 12.8 Å². The van der Waals surface area contributed by atoms with E-state index in [0.717, 1.165) is 11.3 Å². The van der Waals surface area contributed by atoms with Gasteiger partial charge in [0, 0.05) is 24.7 Å². The number of para-hydroxylation sites is 1. The molecule has 1 heterocycles. The first kappa shape index (κ1) is 13.6. The van der Waals surface area contributed by atoms with Gasteiger partial charge in [0.2, 0.25) is 11.8 Å². The zero-order chi connectivity index (χ0) is 14.0. The molecule has 1 aromatic carbocycles. The topological polar surface area (TPSA) is 49.4 Å². The number of likely N-dealkylation sites (tertiary alicyclic amines) is 1. The molecule has 1 aromatic rings. The van der Waals surface area contributed by atoms with Crippen molar-refractivity contribution in [1.82, 2.24) is 4.90 Å². The molecular weight excluding hydrogens is 240 g/mol. The number of carbonyl (C=O) groups is 2. The molecule has 0 radical (unpaired) electrons. The smallest absolute Gasteiger partial charge is 0.229 e. The molecular formula is C15H20N2O2. The summed E-state index contributed by atoms with van der Waals surface area (Å²) in [5, 5.41) is 2.91. The highest BCUT2D eigenvalue weighted by Crippen LogP contribution is 2.22. The molecule has 4 nitrogen and oxygen atoms in total. The van der Waals surface area contributed by atoms with Gasteiger partial charge >= 0.3 is 0 Å². The van der Waals surface area contributed by atoms with Gasteiger partial charge in [-0.3, -0.25) is 9.59 Å². The van der Waals surface area contributed by atoms with E-state index in [2.05, 4.69) is 5.32 Å². The number of nitrogens with one attached hydrogen (secondary N) is 1. The monoisotopic (exact) mass is 260 g/mol. The van der Waals surface area contributed by atoms with Gasteiger partial charge in [-0.2, -0.15) is 0 Å². The third-order valence-electron chi connectivity index (χ3n) is 3.56. The van der Waals surface area contributed by atoms with Crippen LogP contribution in [0.5, 0.6) is 0 Å². The Hall–Kier alpha value is -1.84. The lowest BCUT2D eigenvalue weighted by atomic mass is 10.1. The van der Waals surface area contributed by atoms with Crippen LogP contribution in [0.2, 0.25) is 0 Å². The van der Waals surface area contributed by atoms with Crippen molar-refractivity contribution < 1.29 is 9.59 Å². The Labute approximate surface area is 113 Å². The van der Waals surface area contributed by atoms with Crippen molar-refractivity contribution in [2.75, 3.05) is 11.9 Å². The first-order chi connectivity index (χ1) is 8.99. The molecule has 0 bridgehead atoms. The van der Waals surface area contributed by atoms with E-state index in [0.29, 0.717) is 13.0 Å². The van der Waals surface area contributed by atoms with Crippen LogP contribution in [0.3, 0.4) is 0 Å². The summed E-state index contributed by atoms with van der Waals surface area (Å²) in [5.74, 6) is -0.236. The van der Waals surface area contributed by atoms with E-state index in [4.69, 9.17) is 0 Å². The summed E-state index contributed by atoms with van der Waals surface area (Å²) in [6.45, 7) is 6.42. The standard InChI is InChI=1S/C15H20N2O2/c1-10(2)17-9-12(8-14(17)18)15(19)16-13-7-5-4-6-11(13)3/h4-7,10,12H,8-9H2,1-3H3,(H,16,19). The summed E-state index contributed by atoms with van der Waals surface area (Å²) < 4.78 is 0. The van der Waals surface area contributed by atoms with Crippen LogP contribution < -0.4 is 5.32 Å². The second-order valence-corrected chi connectivity index (χ2v) is 5.35. The minimum Gasteiger partial charge on any atom is -0.339 e. The quantitative estimate of drug-likeness (QED) is 0.905. The number of rotatable bonds is 3. The number of hydrogen-bond acceptors (Lipinski definition) is 2. The highest BCUT2D eigenvalue weighted by Gasteiger charge is 2.35. The molecule has 19 heavy (non-hydrogen) atoms. The molecule has 2 amide bonds. The molecule has 1 atom stereocenters. The molecule has 0 aromatic heterocycles. The van der Waals surface area contributed by atoms with Gasteiger partial charge in [0.15, 0.2) is 0 Å². The van der Waals surface area contributed by atoms with E-state index in [-0.39, 0.29) is 23.8 Å². The van der Waals surface area contributed by atoms with E-state index in [9.17, 15) is 9.59 Å². The average molecular weight is 260 g/mol.